The second-order valence-corrected chi connectivity index (χ2v) is 9.38. The number of hydrogen-bond donors (Lipinski definition) is 4. The van der Waals surface area contributed by atoms with Crippen LogP contribution in [0.25, 0.3) is 0 Å². The molecular formula is C28H36N6O3. The molecule has 1 amide bonds. The first kappa shape index (κ1) is 27.6. The van der Waals surface area contributed by atoms with Gasteiger partial charge in [0.15, 0.2) is 0 Å². The van der Waals surface area contributed by atoms with E-state index in [4.69, 9.17) is 9.47 Å². The summed E-state index contributed by atoms with van der Waals surface area (Å²) in [5.41, 5.74) is 2.99. The molecule has 0 aliphatic heterocycles. The van der Waals surface area contributed by atoms with Crippen molar-refractivity contribution >= 4 is 34.7 Å². The number of nitrogens with one attached hydrogen (secondary N) is 4. The minimum absolute atomic E-state index is 0.148. The largest absolute Gasteiger partial charge is 0.493 e. The van der Waals surface area contributed by atoms with Crippen LogP contribution in [0.4, 0.5) is 28.8 Å². The van der Waals surface area contributed by atoms with Crippen molar-refractivity contribution in [1.82, 2.24) is 15.3 Å². The van der Waals surface area contributed by atoms with Gasteiger partial charge in [-0.25, -0.2) is 4.98 Å². The lowest BCUT2D eigenvalue weighted by Gasteiger charge is -2.19. The highest BCUT2D eigenvalue weighted by Crippen LogP contribution is 2.24. The number of carbonyl (C=O) groups excluding carboxylic acids is 1. The van der Waals surface area contributed by atoms with Crippen LogP contribution in [0, 0.1) is 6.92 Å². The molecule has 0 saturated heterocycles. The van der Waals surface area contributed by atoms with Gasteiger partial charge in [0.1, 0.15) is 11.6 Å². The fourth-order valence-corrected chi connectivity index (χ4v) is 3.15. The van der Waals surface area contributed by atoms with Gasteiger partial charge in [0.25, 0.3) is 0 Å². The van der Waals surface area contributed by atoms with E-state index in [9.17, 15) is 4.79 Å². The lowest BCUT2D eigenvalue weighted by molar-refractivity contribution is -0.111. The number of ether oxygens (including phenoxy) is 2. The van der Waals surface area contributed by atoms with Crippen molar-refractivity contribution in [2.45, 2.75) is 39.7 Å². The molecule has 2 aromatic carbocycles. The Morgan fingerprint density at radius 3 is 2.54 bits per heavy atom. The maximum absolute atomic E-state index is 11.6. The SMILES string of the molecule is C=CC(=O)Nc1cccc(Nc2nc(Nc3cccc(OCCCNCOC(C)(C)C)c3)ncc2C)c1. The Balaban J connectivity index is 1.55. The molecule has 0 fully saturated rings. The van der Waals surface area contributed by atoms with Crippen LogP contribution < -0.4 is 26.0 Å². The van der Waals surface area contributed by atoms with E-state index in [0.29, 0.717) is 30.8 Å². The third-order valence-corrected chi connectivity index (χ3v) is 5.01. The van der Waals surface area contributed by atoms with Gasteiger partial charge in [-0.2, -0.15) is 4.98 Å². The summed E-state index contributed by atoms with van der Waals surface area (Å²) in [7, 11) is 0. The highest BCUT2D eigenvalue weighted by Gasteiger charge is 2.09. The number of benzene rings is 2. The number of rotatable bonds is 13. The van der Waals surface area contributed by atoms with Gasteiger partial charge in [0.05, 0.1) is 18.9 Å². The van der Waals surface area contributed by atoms with E-state index in [1.165, 1.54) is 6.08 Å². The van der Waals surface area contributed by atoms with E-state index in [1.807, 2.05) is 70.2 Å². The minimum atomic E-state index is -0.268. The van der Waals surface area contributed by atoms with E-state index >= 15 is 0 Å². The van der Waals surface area contributed by atoms with E-state index < -0.39 is 0 Å². The molecule has 0 saturated carbocycles. The summed E-state index contributed by atoms with van der Waals surface area (Å²) in [6.07, 6.45) is 3.84. The molecular weight excluding hydrogens is 468 g/mol. The molecule has 1 aromatic heterocycles. The van der Waals surface area contributed by atoms with Crippen LogP contribution in [0.5, 0.6) is 5.75 Å². The molecule has 3 aromatic rings. The number of aromatic nitrogens is 2. The van der Waals surface area contributed by atoms with Gasteiger partial charge in [-0.1, -0.05) is 18.7 Å². The third-order valence-electron chi connectivity index (χ3n) is 5.01. The second kappa shape index (κ2) is 13.4. The molecule has 0 aliphatic rings. The summed E-state index contributed by atoms with van der Waals surface area (Å²) in [4.78, 5) is 20.6. The minimum Gasteiger partial charge on any atom is -0.493 e. The van der Waals surface area contributed by atoms with Gasteiger partial charge >= 0.3 is 0 Å². The molecule has 0 unspecified atom stereocenters. The van der Waals surface area contributed by atoms with E-state index in [1.54, 1.807) is 12.3 Å². The summed E-state index contributed by atoms with van der Waals surface area (Å²) in [6, 6.07) is 15.1. The smallest absolute Gasteiger partial charge is 0.247 e. The average molecular weight is 505 g/mol. The lowest BCUT2D eigenvalue weighted by Crippen LogP contribution is -2.28. The van der Waals surface area contributed by atoms with Crippen LogP contribution in [0.2, 0.25) is 0 Å². The molecule has 0 spiro atoms. The fraction of sp³-hybridized carbons (Fsp3) is 0.321. The van der Waals surface area contributed by atoms with Crippen molar-refractivity contribution in [3.63, 3.8) is 0 Å². The predicted octanol–water partition coefficient (Wildman–Crippen LogP) is 5.53. The summed E-state index contributed by atoms with van der Waals surface area (Å²) >= 11 is 0. The van der Waals surface area contributed by atoms with E-state index in [2.05, 4.69) is 37.8 Å². The van der Waals surface area contributed by atoms with E-state index in [-0.39, 0.29) is 11.5 Å². The molecule has 37 heavy (non-hydrogen) atoms. The molecule has 0 bridgehead atoms. The third kappa shape index (κ3) is 9.91. The fourth-order valence-electron chi connectivity index (χ4n) is 3.15. The molecule has 0 radical (unpaired) electrons. The number of nitrogens with zero attached hydrogens (tertiary/aromatic N) is 2. The first-order valence-corrected chi connectivity index (χ1v) is 12.2. The summed E-state index contributed by atoms with van der Waals surface area (Å²) in [5.74, 6) is 1.60. The molecule has 0 aliphatic carbocycles. The number of amides is 1. The lowest BCUT2D eigenvalue weighted by atomic mass is 10.2. The standard InChI is InChI=1S/C28H36N6O3/c1-6-25(35)31-21-10-7-11-22(16-21)32-26-20(2)18-30-27(34-26)33-23-12-8-13-24(17-23)36-15-9-14-29-19-37-28(3,4)5/h6-8,10-13,16-18,29H,1,9,14-15,19H2,2-5H3,(H,31,35)(H2,30,32,33,34). The van der Waals surface area contributed by atoms with Crippen molar-refractivity contribution in [3.8, 4) is 5.75 Å². The van der Waals surface area contributed by atoms with Gasteiger partial charge in [-0.05, 0) is 70.5 Å². The molecule has 9 nitrogen and oxygen atoms in total. The van der Waals surface area contributed by atoms with Crippen LogP contribution in [0.3, 0.4) is 0 Å². The summed E-state index contributed by atoms with van der Waals surface area (Å²) in [5, 5.41) is 12.5. The maximum atomic E-state index is 11.6. The van der Waals surface area contributed by atoms with Gasteiger partial charge in [-0.3, -0.25) is 10.1 Å². The zero-order chi connectivity index (χ0) is 26.7. The second-order valence-electron chi connectivity index (χ2n) is 9.38. The summed E-state index contributed by atoms with van der Waals surface area (Å²) < 4.78 is 11.5. The number of carbonyl (C=O) groups is 1. The van der Waals surface area contributed by atoms with Crippen LogP contribution >= 0.6 is 0 Å². The first-order chi connectivity index (χ1) is 17.7. The van der Waals surface area contributed by atoms with Crippen LogP contribution in [0.1, 0.15) is 32.8 Å². The monoisotopic (exact) mass is 504 g/mol. The van der Waals surface area contributed by atoms with Crippen molar-refractivity contribution in [2.75, 3.05) is 35.8 Å². The van der Waals surface area contributed by atoms with Crippen molar-refractivity contribution < 1.29 is 14.3 Å². The van der Waals surface area contributed by atoms with Gasteiger partial charge in [0.2, 0.25) is 11.9 Å². The Morgan fingerprint density at radius 1 is 1.05 bits per heavy atom. The predicted molar refractivity (Wildman–Crippen MR) is 149 cm³/mol. The topological polar surface area (TPSA) is 109 Å². The molecule has 0 atom stereocenters. The Hall–Kier alpha value is -3.95. The zero-order valence-corrected chi connectivity index (χ0v) is 21.9. The molecule has 9 heteroatoms. The molecule has 4 N–H and O–H groups in total. The van der Waals surface area contributed by atoms with Crippen LogP contribution in [-0.4, -0.2) is 41.4 Å². The highest BCUT2D eigenvalue weighted by atomic mass is 16.5. The zero-order valence-electron chi connectivity index (χ0n) is 21.9. The number of hydrogen-bond acceptors (Lipinski definition) is 8. The number of anilines is 5. The van der Waals surface area contributed by atoms with Crippen molar-refractivity contribution in [3.05, 3.63) is 72.9 Å². The Bertz CT molecular complexity index is 1190. The Morgan fingerprint density at radius 2 is 1.78 bits per heavy atom. The molecule has 3 rings (SSSR count). The normalized spacial score (nSPS) is 11.0. The molecule has 196 valence electrons. The average Bonchev–Trinajstić information content (AvgIpc) is 2.85. The Labute approximate surface area is 218 Å². The van der Waals surface area contributed by atoms with Gasteiger partial charge < -0.3 is 25.4 Å². The van der Waals surface area contributed by atoms with Crippen molar-refractivity contribution in [2.24, 2.45) is 0 Å². The molecule has 1 heterocycles. The van der Waals surface area contributed by atoms with E-state index in [0.717, 1.165) is 35.7 Å². The Kier molecular flexibility index (Phi) is 10.00. The van der Waals surface area contributed by atoms with Crippen LogP contribution in [-0.2, 0) is 9.53 Å². The van der Waals surface area contributed by atoms with Gasteiger partial charge in [0, 0.05) is 41.4 Å². The van der Waals surface area contributed by atoms with Crippen LogP contribution in [0.15, 0.2) is 67.4 Å². The highest BCUT2D eigenvalue weighted by molar-refractivity contribution is 5.99. The first-order valence-electron chi connectivity index (χ1n) is 12.2. The number of aryl methyl sites for hydroxylation is 1. The maximum Gasteiger partial charge on any atom is 0.247 e. The quantitative estimate of drug-likeness (QED) is 0.137. The van der Waals surface area contributed by atoms with Gasteiger partial charge in [-0.15, -0.1) is 0 Å². The van der Waals surface area contributed by atoms with Crippen molar-refractivity contribution in [1.29, 1.82) is 0 Å². The summed E-state index contributed by atoms with van der Waals surface area (Å²) in [6.45, 7) is 13.4.